The normalized spacial score (nSPS) is 12.7. The van der Waals surface area contributed by atoms with Gasteiger partial charge in [-0.15, -0.1) is 0 Å². The van der Waals surface area contributed by atoms with Crippen molar-refractivity contribution in [2.45, 2.75) is 66.4 Å². The summed E-state index contributed by atoms with van der Waals surface area (Å²) in [7, 11) is -7.22. The van der Waals surface area contributed by atoms with Gasteiger partial charge >= 0.3 is 0 Å². The van der Waals surface area contributed by atoms with Crippen molar-refractivity contribution >= 4 is 19.7 Å². The molecule has 0 saturated carbocycles. The van der Waals surface area contributed by atoms with Crippen LogP contribution >= 0.6 is 0 Å². The van der Waals surface area contributed by atoms with E-state index < -0.39 is 24.4 Å². The van der Waals surface area contributed by atoms with E-state index in [1.54, 1.807) is 57.2 Å². The van der Waals surface area contributed by atoms with Crippen molar-refractivity contribution in [1.82, 2.24) is 0 Å². The second-order valence-electron chi connectivity index (χ2n) is 11.5. The molecule has 0 atom stereocenters. The molecule has 0 aliphatic carbocycles. The second-order valence-corrected chi connectivity index (χ2v) is 16.2. The standard InChI is InChI=1S/C32H34O6S2/c1-31(2,3)23-7-9-24(10-8-23)37-25-11-17-28(18-12-25)39(33,34)29-19-13-26(14-20-29)38-27-15-21-30(22-16-27)40(35,36)32(4,5)6/h7-22H,1-6H3. The number of hydrogen-bond donors (Lipinski definition) is 0. The van der Waals surface area contributed by atoms with Gasteiger partial charge in [-0.25, -0.2) is 16.8 Å². The molecule has 0 fully saturated rings. The molecule has 0 spiro atoms. The minimum atomic E-state index is -3.75. The molecule has 0 amide bonds. The summed E-state index contributed by atoms with van der Waals surface area (Å²) in [6, 6.07) is 26.4. The molecule has 0 unspecified atom stereocenters. The van der Waals surface area contributed by atoms with E-state index in [0.717, 1.165) is 0 Å². The SMILES string of the molecule is CC(C)(C)c1ccc(Oc2ccc(S(=O)(=O)c3ccc(Oc4ccc(S(=O)(=O)C(C)(C)C)cc4)cc3)cc2)cc1. The molecule has 0 radical (unpaired) electrons. The number of sulfone groups is 2. The van der Waals surface area contributed by atoms with Crippen molar-refractivity contribution in [1.29, 1.82) is 0 Å². The van der Waals surface area contributed by atoms with E-state index >= 15 is 0 Å². The first-order valence-electron chi connectivity index (χ1n) is 12.8. The average Bonchev–Trinajstić information content (AvgIpc) is 2.89. The Kier molecular flexibility index (Phi) is 7.89. The summed E-state index contributed by atoms with van der Waals surface area (Å²) in [5, 5.41) is 0. The molecule has 0 aliphatic rings. The molecule has 210 valence electrons. The Morgan fingerprint density at radius 1 is 0.450 bits per heavy atom. The lowest BCUT2D eigenvalue weighted by molar-refractivity contribution is 0.481. The minimum absolute atomic E-state index is 0.0434. The van der Waals surface area contributed by atoms with Gasteiger partial charge in [0.25, 0.3) is 0 Å². The summed E-state index contributed by atoms with van der Waals surface area (Å²) in [5.41, 5.74) is 1.24. The summed E-state index contributed by atoms with van der Waals surface area (Å²) < 4.78 is 62.3. The molecule has 8 heteroatoms. The average molecular weight is 579 g/mol. The predicted octanol–water partition coefficient (Wildman–Crippen LogP) is 7.97. The van der Waals surface area contributed by atoms with Crippen molar-refractivity contribution in [3.63, 3.8) is 0 Å². The van der Waals surface area contributed by atoms with Crippen LogP contribution in [0.4, 0.5) is 0 Å². The minimum Gasteiger partial charge on any atom is -0.457 e. The monoisotopic (exact) mass is 578 g/mol. The van der Waals surface area contributed by atoms with Gasteiger partial charge in [-0.05, 0) is 117 Å². The van der Waals surface area contributed by atoms with Gasteiger partial charge in [-0.3, -0.25) is 0 Å². The Bertz CT molecular complexity index is 1670. The fourth-order valence-electron chi connectivity index (χ4n) is 3.85. The van der Waals surface area contributed by atoms with Crippen molar-refractivity contribution in [3.8, 4) is 23.0 Å². The number of hydrogen-bond acceptors (Lipinski definition) is 6. The Morgan fingerprint density at radius 2 is 0.750 bits per heavy atom. The zero-order valence-electron chi connectivity index (χ0n) is 23.5. The van der Waals surface area contributed by atoms with Crippen molar-refractivity contribution in [2.24, 2.45) is 0 Å². The van der Waals surface area contributed by atoms with Crippen molar-refractivity contribution < 1.29 is 26.3 Å². The summed E-state index contributed by atoms with van der Waals surface area (Å²) in [6.07, 6.45) is 0. The Balaban J connectivity index is 1.43. The Hall–Kier alpha value is -3.62. The Morgan fingerprint density at radius 3 is 1.05 bits per heavy atom. The van der Waals surface area contributed by atoms with E-state index in [2.05, 4.69) is 20.8 Å². The van der Waals surface area contributed by atoms with Gasteiger partial charge in [-0.1, -0.05) is 32.9 Å². The van der Waals surface area contributed by atoms with E-state index in [-0.39, 0.29) is 20.1 Å². The molecule has 0 aromatic heterocycles. The van der Waals surface area contributed by atoms with Crippen LogP contribution in [-0.2, 0) is 25.1 Å². The predicted molar refractivity (Wildman–Crippen MR) is 157 cm³/mol. The first kappa shape index (κ1) is 29.4. The van der Waals surface area contributed by atoms with Crippen LogP contribution in [0.3, 0.4) is 0 Å². The summed E-state index contributed by atoms with van der Waals surface area (Å²) >= 11 is 0. The summed E-state index contributed by atoms with van der Waals surface area (Å²) in [5.74, 6) is 2.07. The number of rotatable bonds is 7. The zero-order valence-corrected chi connectivity index (χ0v) is 25.1. The molecule has 40 heavy (non-hydrogen) atoms. The van der Waals surface area contributed by atoms with Crippen LogP contribution in [0.25, 0.3) is 0 Å². The third kappa shape index (κ3) is 6.40. The molecule has 4 aromatic carbocycles. The lowest BCUT2D eigenvalue weighted by Gasteiger charge is -2.19. The highest BCUT2D eigenvalue weighted by Crippen LogP contribution is 2.31. The third-order valence-corrected chi connectivity index (χ3v) is 10.7. The lowest BCUT2D eigenvalue weighted by atomic mass is 9.87. The highest BCUT2D eigenvalue weighted by atomic mass is 32.2. The van der Waals surface area contributed by atoms with Gasteiger partial charge in [0, 0.05) is 0 Å². The molecule has 6 nitrogen and oxygen atoms in total. The van der Waals surface area contributed by atoms with Gasteiger partial charge in [0.1, 0.15) is 23.0 Å². The number of ether oxygens (including phenoxy) is 2. The molecule has 0 saturated heterocycles. The van der Waals surface area contributed by atoms with Crippen molar-refractivity contribution in [2.75, 3.05) is 0 Å². The fourth-order valence-corrected chi connectivity index (χ4v) is 6.31. The summed E-state index contributed by atoms with van der Waals surface area (Å²) in [4.78, 5) is 0.480. The topological polar surface area (TPSA) is 86.7 Å². The largest absolute Gasteiger partial charge is 0.457 e. The highest BCUT2D eigenvalue weighted by Gasteiger charge is 2.30. The van der Waals surface area contributed by atoms with Gasteiger partial charge in [0.2, 0.25) is 9.84 Å². The molecule has 0 bridgehead atoms. The molecular weight excluding hydrogens is 544 g/mol. The lowest BCUT2D eigenvalue weighted by Crippen LogP contribution is -2.27. The van der Waals surface area contributed by atoms with E-state index in [0.29, 0.717) is 23.0 Å². The first-order valence-corrected chi connectivity index (χ1v) is 15.8. The highest BCUT2D eigenvalue weighted by molar-refractivity contribution is 7.92. The molecule has 4 aromatic rings. The van der Waals surface area contributed by atoms with Gasteiger partial charge in [-0.2, -0.15) is 0 Å². The third-order valence-electron chi connectivity index (χ3n) is 6.40. The number of benzene rings is 4. The molecular formula is C32H34O6S2. The van der Waals surface area contributed by atoms with E-state index in [1.807, 2.05) is 24.3 Å². The van der Waals surface area contributed by atoms with Crippen LogP contribution < -0.4 is 9.47 Å². The van der Waals surface area contributed by atoms with Crippen LogP contribution in [0, 0.1) is 0 Å². The zero-order chi connectivity index (χ0) is 29.3. The van der Waals surface area contributed by atoms with E-state index in [4.69, 9.17) is 9.47 Å². The Labute approximate surface area is 237 Å². The van der Waals surface area contributed by atoms with Crippen LogP contribution in [-0.4, -0.2) is 21.6 Å². The van der Waals surface area contributed by atoms with Gasteiger partial charge in [0.05, 0.1) is 19.4 Å². The first-order chi connectivity index (χ1) is 18.6. The van der Waals surface area contributed by atoms with Crippen LogP contribution in [0.2, 0.25) is 0 Å². The molecule has 4 rings (SSSR count). The maximum atomic E-state index is 13.2. The summed E-state index contributed by atoms with van der Waals surface area (Å²) in [6.45, 7) is 11.4. The smallest absolute Gasteiger partial charge is 0.206 e. The quantitative estimate of drug-likeness (QED) is 0.221. The van der Waals surface area contributed by atoms with Gasteiger partial charge in [0.15, 0.2) is 9.84 Å². The van der Waals surface area contributed by atoms with E-state index in [9.17, 15) is 16.8 Å². The van der Waals surface area contributed by atoms with Crippen LogP contribution in [0.1, 0.15) is 47.1 Å². The van der Waals surface area contributed by atoms with Crippen LogP contribution in [0.5, 0.6) is 23.0 Å². The van der Waals surface area contributed by atoms with E-state index in [1.165, 1.54) is 42.0 Å². The van der Waals surface area contributed by atoms with Crippen LogP contribution in [0.15, 0.2) is 112 Å². The van der Waals surface area contributed by atoms with Gasteiger partial charge < -0.3 is 9.47 Å². The van der Waals surface area contributed by atoms with Crippen molar-refractivity contribution in [3.05, 3.63) is 103 Å². The molecule has 0 heterocycles. The maximum absolute atomic E-state index is 13.2. The second kappa shape index (κ2) is 10.7. The maximum Gasteiger partial charge on any atom is 0.206 e. The molecule has 0 aliphatic heterocycles. The molecule has 0 N–H and O–H groups in total. The fraction of sp³-hybridized carbons (Fsp3) is 0.250.